The molecule has 0 atom stereocenters. The van der Waals surface area contributed by atoms with Crippen LogP contribution in [-0.2, 0) is 7.05 Å². The van der Waals surface area contributed by atoms with Crippen LogP contribution in [0.25, 0.3) is 10.9 Å². The molecule has 1 aromatic heterocycles. The average molecular weight is 246 g/mol. The number of aromatic nitrogens is 2. The van der Waals surface area contributed by atoms with Crippen molar-refractivity contribution >= 4 is 38.4 Å². The first-order chi connectivity index (χ1) is 5.68. The van der Waals surface area contributed by atoms with Crippen LogP contribution in [0, 0.1) is 0 Å². The summed E-state index contributed by atoms with van der Waals surface area (Å²) < 4.78 is 2.77. The standard InChI is InChI=1S/C8H6BrClN2/c1-12-4-5-6(9)2-3-7(10)8(5)11-12/h2-4H,1H3. The van der Waals surface area contributed by atoms with Gasteiger partial charge in [-0.15, -0.1) is 0 Å². The van der Waals surface area contributed by atoms with E-state index in [1.165, 1.54) is 0 Å². The summed E-state index contributed by atoms with van der Waals surface area (Å²) in [4.78, 5) is 0. The van der Waals surface area contributed by atoms with Crippen molar-refractivity contribution in [3.8, 4) is 0 Å². The van der Waals surface area contributed by atoms with E-state index in [0.29, 0.717) is 5.02 Å². The van der Waals surface area contributed by atoms with Gasteiger partial charge in [0.15, 0.2) is 0 Å². The Kier molecular flexibility index (Phi) is 1.85. The zero-order valence-electron chi connectivity index (χ0n) is 6.38. The topological polar surface area (TPSA) is 17.8 Å². The Hall–Kier alpha value is -0.540. The largest absolute Gasteiger partial charge is 0.275 e. The number of hydrogen-bond acceptors (Lipinski definition) is 1. The molecular formula is C8H6BrClN2. The van der Waals surface area contributed by atoms with Crippen molar-refractivity contribution < 1.29 is 0 Å². The maximum Gasteiger partial charge on any atom is 0.112 e. The average Bonchev–Trinajstić information content (AvgIpc) is 2.41. The van der Waals surface area contributed by atoms with Gasteiger partial charge in [0.2, 0.25) is 0 Å². The van der Waals surface area contributed by atoms with Gasteiger partial charge >= 0.3 is 0 Å². The molecule has 0 fully saturated rings. The van der Waals surface area contributed by atoms with Crippen LogP contribution >= 0.6 is 27.5 Å². The molecular weight excluding hydrogens is 239 g/mol. The predicted octanol–water partition coefficient (Wildman–Crippen LogP) is 2.99. The molecule has 0 aliphatic heterocycles. The Balaban J connectivity index is 2.93. The molecule has 0 aliphatic rings. The molecule has 0 saturated carbocycles. The number of aryl methyl sites for hydroxylation is 1. The van der Waals surface area contributed by atoms with Crippen molar-refractivity contribution in [2.75, 3.05) is 0 Å². The van der Waals surface area contributed by atoms with E-state index in [-0.39, 0.29) is 0 Å². The highest BCUT2D eigenvalue weighted by atomic mass is 79.9. The lowest BCUT2D eigenvalue weighted by molar-refractivity contribution is 0.780. The van der Waals surface area contributed by atoms with Crippen LogP contribution in [0.1, 0.15) is 0 Å². The minimum absolute atomic E-state index is 0.689. The maximum atomic E-state index is 5.95. The Morgan fingerprint density at radius 1 is 1.50 bits per heavy atom. The molecule has 62 valence electrons. The number of rotatable bonds is 0. The fraction of sp³-hybridized carbons (Fsp3) is 0.125. The number of halogens is 2. The third-order valence-corrected chi connectivity index (χ3v) is 2.68. The van der Waals surface area contributed by atoms with Gasteiger partial charge in [-0.1, -0.05) is 27.5 Å². The van der Waals surface area contributed by atoms with E-state index in [2.05, 4.69) is 21.0 Å². The number of nitrogens with zero attached hydrogens (tertiary/aromatic N) is 2. The molecule has 4 heteroatoms. The molecule has 0 radical (unpaired) electrons. The number of fused-ring (bicyclic) bond motifs is 1. The first-order valence-electron chi connectivity index (χ1n) is 3.46. The van der Waals surface area contributed by atoms with Gasteiger partial charge in [0, 0.05) is 23.1 Å². The fourth-order valence-corrected chi connectivity index (χ4v) is 1.78. The van der Waals surface area contributed by atoms with Gasteiger partial charge in [-0.25, -0.2) is 0 Å². The summed E-state index contributed by atoms with van der Waals surface area (Å²) in [6.45, 7) is 0. The van der Waals surface area contributed by atoms with Gasteiger partial charge in [0.1, 0.15) is 5.52 Å². The lowest BCUT2D eigenvalue weighted by Gasteiger charge is -1.92. The molecule has 0 spiro atoms. The van der Waals surface area contributed by atoms with Crippen molar-refractivity contribution in [3.05, 3.63) is 27.8 Å². The quantitative estimate of drug-likeness (QED) is 0.698. The van der Waals surface area contributed by atoms with Crippen LogP contribution in [0.2, 0.25) is 5.02 Å². The van der Waals surface area contributed by atoms with Crippen LogP contribution in [0.15, 0.2) is 22.8 Å². The van der Waals surface area contributed by atoms with E-state index >= 15 is 0 Å². The molecule has 1 aromatic carbocycles. The summed E-state index contributed by atoms with van der Waals surface area (Å²) in [5, 5.41) is 5.96. The van der Waals surface area contributed by atoms with E-state index < -0.39 is 0 Å². The first kappa shape index (κ1) is 8.08. The molecule has 1 heterocycles. The van der Waals surface area contributed by atoms with Gasteiger partial charge in [-0.05, 0) is 12.1 Å². The summed E-state index contributed by atoms with van der Waals surface area (Å²) in [7, 11) is 1.88. The number of benzene rings is 1. The fourth-order valence-electron chi connectivity index (χ4n) is 1.15. The molecule has 2 aromatic rings. The Bertz CT molecular complexity index is 397. The van der Waals surface area contributed by atoms with Gasteiger partial charge in [0.05, 0.1) is 5.02 Å². The second-order valence-corrected chi connectivity index (χ2v) is 3.86. The van der Waals surface area contributed by atoms with Gasteiger partial charge in [-0.2, -0.15) is 5.10 Å². The van der Waals surface area contributed by atoms with Crippen LogP contribution < -0.4 is 0 Å². The lowest BCUT2D eigenvalue weighted by atomic mass is 10.3. The Morgan fingerprint density at radius 2 is 2.25 bits per heavy atom. The summed E-state index contributed by atoms with van der Waals surface area (Å²) in [5.41, 5.74) is 0.841. The zero-order valence-corrected chi connectivity index (χ0v) is 8.72. The van der Waals surface area contributed by atoms with Gasteiger partial charge < -0.3 is 0 Å². The molecule has 0 bridgehead atoms. The maximum absolute atomic E-state index is 5.95. The highest BCUT2D eigenvalue weighted by molar-refractivity contribution is 9.10. The summed E-state index contributed by atoms with van der Waals surface area (Å²) in [6, 6.07) is 3.76. The first-order valence-corrected chi connectivity index (χ1v) is 4.63. The second kappa shape index (κ2) is 2.75. The Morgan fingerprint density at radius 3 is 2.92 bits per heavy atom. The SMILES string of the molecule is Cn1cc2c(Br)ccc(Cl)c2n1. The normalized spacial score (nSPS) is 10.9. The smallest absolute Gasteiger partial charge is 0.112 e. The van der Waals surface area contributed by atoms with Crippen molar-refractivity contribution in [2.45, 2.75) is 0 Å². The van der Waals surface area contributed by atoms with Crippen LogP contribution in [-0.4, -0.2) is 9.78 Å². The van der Waals surface area contributed by atoms with Crippen LogP contribution in [0.4, 0.5) is 0 Å². The Labute approximate surface area is 83.3 Å². The summed E-state index contributed by atoms with van der Waals surface area (Å²) in [5.74, 6) is 0. The third-order valence-electron chi connectivity index (χ3n) is 1.69. The van der Waals surface area contributed by atoms with Gasteiger partial charge in [-0.3, -0.25) is 4.68 Å². The van der Waals surface area contributed by atoms with Crippen LogP contribution in [0.3, 0.4) is 0 Å². The zero-order chi connectivity index (χ0) is 8.72. The molecule has 2 nitrogen and oxygen atoms in total. The minimum atomic E-state index is 0.689. The highest BCUT2D eigenvalue weighted by Crippen LogP contribution is 2.28. The molecule has 0 amide bonds. The van der Waals surface area contributed by atoms with E-state index in [1.807, 2.05) is 25.4 Å². The number of hydrogen-bond donors (Lipinski definition) is 0. The second-order valence-electron chi connectivity index (χ2n) is 2.59. The van der Waals surface area contributed by atoms with Crippen molar-refractivity contribution in [1.82, 2.24) is 9.78 Å². The molecule has 12 heavy (non-hydrogen) atoms. The molecule has 0 saturated heterocycles. The van der Waals surface area contributed by atoms with E-state index in [9.17, 15) is 0 Å². The molecule has 0 unspecified atom stereocenters. The van der Waals surface area contributed by atoms with Crippen molar-refractivity contribution in [3.63, 3.8) is 0 Å². The third kappa shape index (κ3) is 1.13. The molecule has 0 N–H and O–H groups in total. The van der Waals surface area contributed by atoms with E-state index in [1.54, 1.807) is 4.68 Å². The monoisotopic (exact) mass is 244 g/mol. The lowest BCUT2D eigenvalue weighted by Crippen LogP contribution is -1.84. The molecule has 2 rings (SSSR count). The summed E-state index contributed by atoms with van der Waals surface area (Å²) >= 11 is 9.38. The van der Waals surface area contributed by atoms with E-state index in [4.69, 9.17) is 11.6 Å². The summed E-state index contributed by atoms with van der Waals surface area (Å²) in [6.07, 6.45) is 1.94. The van der Waals surface area contributed by atoms with Gasteiger partial charge in [0.25, 0.3) is 0 Å². The predicted molar refractivity (Wildman–Crippen MR) is 53.4 cm³/mol. The minimum Gasteiger partial charge on any atom is -0.275 e. The van der Waals surface area contributed by atoms with E-state index in [0.717, 1.165) is 15.4 Å². The highest BCUT2D eigenvalue weighted by Gasteiger charge is 2.05. The molecule has 0 aliphatic carbocycles. The van der Waals surface area contributed by atoms with Crippen LogP contribution in [0.5, 0.6) is 0 Å². The van der Waals surface area contributed by atoms with Crippen molar-refractivity contribution in [1.29, 1.82) is 0 Å². The van der Waals surface area contributed by atoms with Crippen molar-refractivity contribution in [2.24, 2.45) is 7.05 Å².